The Morgan fingerprint density at radius 2 is 1.90 bits per heavy atom. The molecule has 1 saturated heterocycles. The monoisotopic (exact) mass is 439 g/mol. The van der Waals surface area contributed by atoms with Gasteiger partial charge < -0.3 is 21.1 Å². The largest absolute Gasteiger partial charge is 0.364 e. The van der Waals surface area contributed by atoms with E-state index >= 15 is 0 Å². The van der Waals surface area contributed by atoms with Crippen LogP contribution in [0.15, 0.2) is 41.4 Å². The van der Waals surface area contributed by atoms with Crippen molar-refractivity contribution in [3.05, 3.63) is 58.3 Å². The van der Waals surface area contributed by atoms with Gasteiger partial charge in [0.25, 0.3) is 5.91 Å². The van der Waals surface area contributed by atoms with Crippen molar-refractivity contribution in [3.63, 3.8) is 0 Å². The second-order valence-corrected chi connectivity index (χ2v) is 9.26. The molecule has 1 atom stereocenters. The van der Waals surface area contributed by atoms with Gasteiger partial charge in [-0.15, -0.1) is 0 Å². The maximum Gasteiger partial charge on any atom is 0.260 e. The van der Waals surface area contributed by atoms with Crippen molar-refractivity contribution >= 4 is 29.7 Å². The number of thioether (sulfide) groups is 1. The van der Waals surface area contributed by atoms with Crippen LogP contribution < -0.4 is 16.0 Å². The van der Waals surface area contributed by atoms with Crippen LogP contribution in [-0.2, 0) is 11.2 Å². The number of amides is 1. The van der Waals surface area contributed by atoms with Crippen LogP contribution in [0.5, 0.6) is 0 Å². The number of anilines is 1. The summed E-state index contributed by atoms with van der Waals surface area (Å²) >= 11 is 1.08. The molecule has 2 heterocycles. The maximum absolute atomic E-state index is 11.8. The van der Waals surface area contributed by atoms with Crippen molar-refractivity contribution in [2.24, 2.45) is 0 Å². The molecular weight excluding hydrogens is 410 g/mol. The fraction of sp³-hybridized carbons (Fsp3) is 0.435. The minimum atomic E-state index is -0.890. The Kier molecular flexibility index (Phi) is 7.21. The molecule has 164 valence electrons. The van der Waals surface area contributed by atoms with Gasteiger partial charge in [0.1, 0.15) is 0 Å². The number of carbonyl (C=O) groups excluding carboxylic acids is 1. The predicted octanol–water partition coefficient (Wildman–Crippen LogP) is 2.82. The molecule has 0 spiro atoms. The minimum absolute atomic E-state index is 0.279. The first-order valence-electron chi connectivity index (χ1n) is 10.8. The van der Waals surface area contributed by atoms with Gasteiger partial charge >= 0.3 is 0 Å². The lowest BCUT2D eigenvalue weighted by Gasteiger charge is -2.29. The summed E-state index contributed by atoms with van der Waals surface area (Å²) in [6.07, 6.45) is 8.82. The average molecular weight is 440 g/mol. The Hall–Kier alpha value is -2.42. The predicted molar refractivity (Wildman–Crippen MR) is 124 cm³/mol. The van der Waals surface area contributed by atoms with Gasteiger partial charge in [-0.05, 0) is 63.3 Å². The molecule has 2 fully saturated rings. The molecule has 4 N–H and O–H groups in total. The van der Waals surface area contributed by atoms with Crippen molar-refractivity contribution in [2.75, 3.05) is 11.9 Å². The number of benzene rings is 1. The van der Waals surface area contributed by atoms with E-state index in [1.165, 1.54) is 11.1 Å². The zero-order chi connectivity index (χ0) is 21.6. The molecule has 7 nitrogen and oxygen atoms in total. The van der Waals surface area contributed by atoms with Crippen LogP contribution in [0, 0.1) is 6.92 Å². The molecule has 1 aromatic carbocycles. The SMILES string of the molecule is Cc1ccc(CCNC2CCC(Nc3nccc(/C=C4\SC(O)NC4=O)n3)CC2)cc1. The smallest absolute Gasteiger partial charge is 0.260 e. The fourth-order valence-corrected chi connectivity index (χ4v) is 4.70. The van der Waals surface area contributed by atoms with Gasteiger partial charge in [0.2, 0.25) is 5.95 Å². The van der Waals surface area contributed by atoms with Crippen molar-refractivity contribution in [1.82, 2.24) is 20.6 Å². The Morgan fingerprint density at radius 1 is 1.16 bits per heavy atom. The summed E-state index contributed by atoms with van der Waals surface area (Å²) in [5.41, 5.74) is 2.44. The second-order valence-electron chi connectivity index (χ2n) is 8.14. The van der Waals surface area contributed by atoms with Crippen LogP contribution in [0.25, 0.3) is 6.08 Å². The second kappa shape index (κ2) is 10.3. The summed E-state index contributed by atoms with van der Waals surface area (Å²) in [5.74, 6) is 0.299. The topological polar surface area (TPSA) is 99.2 Å². The van der Waals surface area contributed by atoms with Gasteiger partial charge in [-0.2, -0.15) is 0 Å². The highest BCUT2D eigenvalue weighted by Gasteiger charge is 2.25. The maximum atomic E-state index is 11.8. The number of hydrogen-bond acceptors (Lipinski definition) is 7. The summed E-state index contributed by atoms with van der Waals surface area (Å²) in [7, 11) is 0. The first kappa shape index (κ1) is 21.8. The van der Waals surface area contributed by atoms with Gasteiger partial charge in [0.15, 0.2) is 5.56 Å². The summed E-state index contributed by atoms with van der Waals surface area (Å²) < 4.78 is 0. The average Bonchev–Trinajstić information content (AvgIpc) is 3.07. The quantitative estimate of drug-likeness (QED) is 0.492. The van der Waals surface area contributed by atoms with Crippen LogP contribution in [-0.4, -0.2) is 45.2 Å². The van der Waals surface area contributed by atoms with E-state index < -0.39 is 5.56 Å². The minimum Gasteiger partial charge on any atom is -0.364 e. The number of aliphatic hydroxyl groups is 1. The molecule has 0 bridgehead atoms. The van der Waals surface area contributed by atoms with E-state index in [1.807, 2.05) is 0 Å². The molecule has 31 heavy (non-hydrogen) atoms. The highest BCUT2D eigenvalue weighted by atomic mass is 32.2. The number of carbonyl (C=O) groups is 1. The van der Waals surface area contributed by atoms with E-state index in [-0.39, 0.29) is 5.91 Å². The Labute approximate surface area is 187 Å². The first-order valence-corrected chi connectivity index (χ1v) is 11.7. The van der Waals surface area contributed by atoms with E-state index in [9.17, 15) is 9.90 Å². The molecule has 1 amide bonds. The number of aryl methyl sites for hydroxylation is 1. The first-order chi connectivity index (χ1) is 15.0. The molecule has 1 saturated carbocycles. The molecule has 1 aliphatic heterocycles. The summed E-state index contributed by atoms with van der Waals surface area (Å²) in [5, 5.41) is 19.1. The van der Waals surface area contributed by atoms with Gasteiger partial charge in [-0.3, -0.25) is 4.79 Å². The molecule has 1 unspecified atom stereocenters. The van der Waals surface area contributed by atoms with E-state index in [1.54, 1.807) is 18.3 Å². The summed E-state index contributed by atoms with van der Waals surface area (Å²) in [4.78, 5) is 21.1. The highest BCUT2D eigenvalue weighted by molar-refractivity contribution is 8.05. The molecule has 2 aromatic rings. The standard InChI is InChI=1S/C23H29N5O2S/c1-15-2-4-16(5-3-15)10-12-24-17-6-8-18(9-7-17)26-22-25-13-11-19(27-22)14-20-21(29)28-23(30)31-20/h2-5,11,13-14,17-18,23-24,30H,6-10,12H2,1H3,(H,28,29)(H,25,26,27)/b20-14-. The van der Waals surface area contributed by atoms with Gasteiger partial charge in [-0.25, -0.2) is 9.97 Å². The lowest BCUT2D eigenvalue weighted by atomic mass is 9.91. The number of nitrogens with one attached hydrogen (secondary N) is 3. The number of nitrogens with zero attached hydrogens (tertiary/aromatic N) is 2. The number of rotatable bonds is 7. The Bertz CT molecular complexity index is 926. The number of aliphatic hydroxyl groups excluding tert-OH is 1. The van der Waals surface area contributed by atoms with Crippen molar-refractivity contribution in [1.29, 1.82) is 0 Å². The van der Waals surface area contributed by atoms with Crippen molar-refractivity contribution < 1.29 is 9.90 Å². The van der Waals surface area contributed by atoms with Crippen LogP contribution in [0.3, 0.4) is 0 Å². The van der Waals surface area contributed by atoms with Crippen molar-refractivity contribution in [3.8, 4) is 0 Å². The normalized spacial score (nSPS) is 24.9. The van der Waals surface area contributed by atoms with Gasteiger partial charge in [0.05, 0.1) is 10.6 Å². The highest BCUT2D eigenvalue weighted by Crippen LogP contribution is 2.27. The molecule has 4 rings (SSSR count). The van der Waals surface area contributed by atoms with E-state index in [2.05, 4.69) is 57.1 Å². The lowest BCUT2D eigenvalue weighted by Crippen LogP contribution is -2.38. The van der Waals surface area contributed by atoms with E-state index in [0.717, 1.165) is 50.4 Å². The van der Waals surface area contributed by atoms with Crippen LogP contribution in [0.1, 0.15) is 42.5 Å². The zero-order valence-corrected chi connectivity index (χ0v) is 18.5. The van der Waals surface area contributed by atoms with Gasteiger partial charge in [0, 0.05) is 18.3 Å². The van der Waals surface area contributed by atoms with Crippen LogP contribution in [0.4, 0.5) is 5.95 Å². The lowest BCUT2D eigenvalue weighted by molar-refractivity contribution is -0.117. The van der Waals surface area contributed by atoms with Crippen LogP contribution in [0.2, 0.25) is 0 Å². The third-order valence-electron chi connectivity index (χ3n) is 5.70. The third kappa shape index (κ3) is 6.29. The number of hydrogen-bond donors (Lipinski definition) is 4. The molecular formula is C23H29N5O2S. The molecule has 1 aromatic heterocycles. The third-order valence-corrected chi connectivity index (χ3v) is 6.60. The summed E-state index contributed by atoms with van der Waals surface area (Å²) in [6.45, 7) is 3.12. The fourth-order valence-electron chi connectivity index (χ4n) is 3.94. The number of aromatic nitrogens is 2. The molecule has 8 heteroatoms. The van der Waals surface area contributed by atoms with Crippen LogP contribution >= 0.6 is 11.8 Å². The Morgan fingerprint density at radius 3 is 2.61 bits per heavy atom. The summed E-state index contributed by atoms with van der Waals surface area (Å²) in [6, 6.07) is 11.4. The Balaban J connectivity index is 1.22. The van der Waals surface area contributed by atoms with E-state index in [4.69, 9.17) is 0 Å². The zero-order valence-electron chi connectivity index (χ0n) is 17.7. The van der Waals surface area contributed by atoms with E-state index in [0.29, 0.717) is 28.6 Å². The molecule has 0 radical (unpaired) electrons. The van der Waals surface area contributed by atoms with Gasteiger partial charge in [-0.1, -0.05) is 41.6 Å². The molecule has 1 aliphatic carbocycles. The molecule has 2 aliphatic rings. The van der Waals surface area contributed by atoms with Crippen molar-refractivity contribution in [2.45, 2.75) is 56.7 Å².